The highest BCUT2D eigenvalue weighted by molar-refractivity contribution is 5.83. The minimum atomic E-state index is -1.03. The maximum absolute atomic E-state index is 12.5. The van der Waals surface area contributed by atoms with Gasteiger partial charge in [0.05, 0.1) is 12.6 Å². The maximum Gasteiger partial charge on any atom is 0.341 e. The molecule has 1 N–H and O–H groups in total. The molecule has 7 nitrogen and oxygen atoms in total. The van der Waals surface area contributed by atoms with Gasteiger partial charge in [0.15, 0.2) is 12.4 Å². The number of ketones is 1. The first kappa shape index (κ1) is 22.6. The summed E-state index contributed by atoms with van der Waals surface area (Å²) in [5.41, 5.74) is 3.52. The Balaban J connectivity index is 1.46. The second-order valence-corrected chi connectivity index (χ2v) is 8.46. The fourth-order valence-corrected chi connectivity index (χ4v) is 4.32. The number of carbonyl (C=O) groups excluding carboxylic acids is 1. The van der Waals surface area contributed by atoms with E-state index in [2.05, 4.69) is 0 Å². The predicted octanol–water partition coefficient (Wildman–Crippen LogP) is 4.99. The van der Waals surface area contributed by atoms with Crippen molar-refractivity contribution in [1.82, 2.24) is 9.88 Å². The van der Waals surface area contributed by atoms with E-state index in [1.807, 2.05) is 77.7 Å². The first-order valence-corrected chi connectivity index (χ1v) is 11.4. The molecule has 4 aromatic rings. The van der Waals surface area contributed by atoms with Gasteiger partial charge in [0.2, 0.25) is 5.89 Å². The highest BCUT2D eigenvalue weighted by Crippen LogP contribution is 2.38. The molecule has 1 atom stereocenters. The van der Waals surface area contributed by atoms with Crippen molar-refractivity contribution in [2.45, 2.75) is 19.0 Å². The average Bonchev–Trinajstić information content (AvgIpc) is 3.48. The highest BCUT2D eigenvalue weighted by Gasteiger charge is 2.36. The van der Waals surface area contributed by atoms with Crippen LogP contribution in [0.1, 0.15) is 23.9 Å². The smallest absolute Gasteiger partial charge is 0.341 e. The van der Waals surface area contributed by atoms with Crippen molar-refractivity contribution < 1.29 is 23.8 Å². The Labute approximate surface area is 202 Å². The molecule has 7 heteroatoms. The summed E-state index contributed by atoms with van der Waals surface area (Å²) in [5, 5.41) is 8.86. The highest BCUT2D eigenvalue weighted by atomic mass is 16.5. The SMILES string of the molecule is O=C(O)COc1cccc(CN2CC(=O)C[C@@H]2c2nc(-c3ccccc3)c(-c3ccccc3)o2)c1. The van der Waals surface area contributed by atoms with Crippen molar-refractivity contribution in [2.75, 3.05) is 13.2 Å². The van der Waals surface area contributed by atoms with Crippen molar-refractivity contribution in [3.8, 4) is 28.3 Å². The molecular weight excluding hydrogens is 444 g/mol. The fourth-order valence-electron chi connectivity index (χ4n) is 4.32. The maximum atomic E-state index is 12.5. The van der Waals surface area contributed by atoms with Crippen LogP contribution in [0.25, 0.3) is 22.6 Å². The van der Waals surface area contributed by atoms with Crippen LogP contribution in [0.15, 0.2) is 89.3 Å². The van der Waals surface area contributed by atoms with Gasteiger partial charge in [0, 0.05) is 24.1 Å². The number of aromatic nitrogens is 1. The lowest BCUT2D eigenvalue weighted by molar-refractivity contribution is -0.139. The number of nitrogens with zero attached hydrogens (tertiary/aromatic N) is 2. The van der Waals surface area contributed by atoms with E-state index >= 15 is 0 Å². The number of carboxylic acid groups (broad SMARTS) is 1. The van der Waals surface area contributed by atoms with Crippen molar-refractivity contribution >= 4 is 11.8 Å². The number of benzene rings is 3. The van der Waals surface area contributed by atoms with Crippen molar-refractivity contribution in [3.63, 3.8) is 0 Å². The fraction of sp³-hybridized carbons (Fsp3) is 0.179. The lowest BCUT2D eigenvalue weighted by atomic mass is 10.1. The van der Waals surface area contributed by atoms with E-state index in [0.29, 0.717) is 30.4 Å². The van der Waals surface area contributed by atoms with E-state index in [0.717, 1.165) is 22.4 Å². The zero-order valence-electron chi connectivity index (χ0n) is 19.0. The Kier molecular flexibility index (Phi) is 6.41. The number of hydrogen-bond donors (Lipinski definition) is 1. The molecule has 5 rings (SSSR count). The molecule has 1 aromatic heterocycles. The van der Waals surface area contributed by atoms with Gasteiger partial charge in [-0.2, -0.15) is 0 Å². The molecule has 35 heavy (non-hydrogen) atoms. The number of hydrogen-bond acceptors (Lipinski definition) is 6. The minimum absolute atomic E-state index is 0.119. The number of likely N-dealkylation sites (tertiary alicyclic amines) is 1. The average molecular weight is 469 g/mol. The first-order chi connectivity index (χ1) is 17.1. The summed E-state index contributed by atoms with van der Waals surface area (Å²) < 4.78 is 11.7. The van der Waals surface area contributed by atoms with Gasteiger partial charge in [0.25, 0.3) is 0 Å². The predicted molar refractivity (Wildman–Crippen MR) is 130 cm³/mol. The molecule has 0 radical (unpaired) electrons. The number of oxazole rings is 1. The summed E-state index contributed by atoms with van der Waals surface area (Å²) in [4.78, 5) is 30.2. The molecule has 176 valence electrons. The van der Waals surface area contributed by atoms with Gasteiger partial charge in [-0.25, -0.2) is 9.78 Å². The molecular formula is C28H24N2O5. The monoisotopic (exact) mass is 468 g/mol. The van der Waals surface area contributed by atoms with Crippen LogP contribution in [0.4, 0.5) is 0 Å². The Morgan fingerprint density at radius 2 is 1.71 bits per heavy atom. The number of rotatable bonds is 8. The van der Waals surface area contributed by atoms with Crippen LogP contribution < -0.4 is 4.74 Å². The summed E-state index contributed by atoms with van der Waals surface area (Å²) in [6, 6.07) is 26.6. The molecule has 1 fully saturated rings. The number of Topliss-reactive ketones (excluding diaryl/α,β-unsaturated/α-hetero) is 1. The molecule has 1 saturated heterocycles. The van der Waals surface area contributed by atoms with E-state index in [4.69, 9.17) is 19.2 Å². The van der Waals surface area contributed by atoms with Crippen LogP contribution >= 0.6 is 0 Å². The summed E-state index contributed by atoms with van der Waals surface area (Å²) in [6.07, 6.45) is 0.318. The van der Waals surface area contributed by atoms with Crippen LogP contribution in [-0.4, -0.2) is 39.9 Å². The molecule has 1 aliphatic heterocycles. The van der Waals surface area contributed by atoms with Gasteiger partial charge in [0.1, 0.15) is 17.2 Å². The van der Waals surface area contributed by atoms with Gasteiger partial charge in [-0.05, 0) is 17.7 Å². The van der Waals surface area contributed by atoms with E-state index in [1.165, 1.54) is 0 Å². The van der Waals surface area contributed by atoms with Gasteiger partial charge in [-0.1, -0.05) is 72.8 Å². The van der Waals surface area contributed by atoms with Crippen molar-refractivity contribution in [1.29, 1.82) is 0 Å². The van der Waals surface area contributed by atoms with Gasteiger partial charge < -0.3 is 14.3 Å². The third kappa shape index (κ3) is 5.15. The molecule has 1 aliphatic rings. The lowest BCUT2D eigenvalue weighted by Gasteiger charge is -2.21. The van der Waals surface area contributed by atoms with Gasteiger partial charge in [-0.15, -0.1) is 0 Å². The second kappa shape index (κ2) is 9.95. The summed E-state index contributed by atoms with van der Waals surface area (Å²) in [7, 11) is 0. The van der Waals surface area contributed by atoms with Crippen LogP contribution in [0.5, 0.6) is 5.75 Å². The molecule has 0 bridgehead atoms. The van der Waals surface area contributed by atoms with E-state index in [-0.39, 0.29) is 18.4 Å². The summed E-state index contributed by atoms with van der Waals surface area (Å²) >= 11 is 0. The second-order valence-electron chi connectivity index (χ2n) is 8.46. The third-order valence-electron chi connectivity index (χ3n) is 5.90. The minimum Gasteiger partial charge on any atom is -0.482 e. The molecule has 3 aromatic carbocycles. The Morgan fingerprint density at radius 1 is 1.00 bits per heavy atom. The van der Waals surface area contributed by atoms with E-state index in [1.54, 1.807) is 12.1 Å². The molecule has 0 unspecified atom stereocenters. The zero-order valence-corrected chi connectivity index (χ0v) is 19.0. The number of ether oxygens (including phenoxy) is 1. The Morgan fingerprint density at radius 3 is 2.43 bits per heavy atom. The Hall–Kier alpha value is -4.23. The number of aliphatic carboxylic acids is 1. The van der Waals surface area contributed by atoms with Gasteiger partial charge >= 0.3 is 5.97 Å². The van der Waals surface area contributed by atoms with Gasteiger partial charge in [-0.3, -0.25) is 9.69 Å². The van der Waals surface area contributed by atoms with Crippen LogP contribution in [0.2, 0.25) is 0 Å². The zero-order chi connectivity index (χ0) is 24.2. The largest absolute Gasteiger partial charge is 0.482 e. The van der Waals surface area contributed by atoms with E-state index < -0.39 is 12.6 Å². The molecule has 0 saturated carbocycles. The quantitative estimate of drug-likeness (QED) is 0.389. The standard InChI is InChI=1S/C28H24N2O5/c31-22-15-24(30(17-22)16-19-8-7-13-23(14-19)34-18-25(32)33)28-29-26(20-9-3-1-4-10-20)27(35-28)21-11-5-2-6-12-21/h1-14,24H,15-18H2,(H,32,33)/t24-/m1/s1. The lowest BCUT2D eigenvalue weighted by Crippen LogP contribution is -2.23. The molecule has 0 amide bonds. The number of carbonyl (C=O) groups is 2. The normalized spacial score (nSPS) is 15.9. The summed E-state index contributed by atoms with van der Waals surface area (Å²) in [5.74, 6) is 0.741. The van der Waals surface area contributed by atoms with E-state index in [9.17, 15) is 9.59 Å². The van der Waals surface area contributed by atoms with Crippen molar-refractivity contribution in [3.05, 3.63) is 96.4 Å². The third-order valence-corrected chi connectivity index (χ3v) is 5.90. The van der Waals surface area contributed by atoms with Crippen LogP contribution in [-0.2, 0) is 16.1 Å². The molecule has 0 spiro atoms. The number of carboxylic acids is 1. The molecule has 2 heterocycles. The molecule has 0 aliphatic carbocycles. The van der Waals surface area contributed by atoms with Crippen molar-refractivity contribution in [2.24, 2.45) is 0 Å². The Bertz CT molecular complexity index is 1280. The summed E-state index contributed by atoms with van der Waals surface area (Å²) in [6.45, 7) is 0.355. The van der Waals surface area contributed by atoms with Crippen LogP contribution in [0, 0.1) is 0 Å². The van der Waals surface area contributed by atoms with Crippen LogP contribution in [0.3, 0.4) is 0 Å². The first-order valence-electron chi connectivity index (χ1n) is 11.4. The topological polar surface area (TPSA) is 92.9 Å².